The van der Waals surface area contributed by atoms with Gasteiger partial charge in [-0.1, -0.05) is 39.0 Å². The highest BCUT2D eigenvalue weighted by molar-refractivity contribution is 7.73. The van der Waals surface area contributed by atoms with Crippen LogP contribution in [0.3, 0.4) is 0 Å². The van der Waals surface area contributed by atoms with Gasteiger partial charge in [0.05, 0.1) is 12.4 Å². The molecule has 0 aliphatic carbocycles. The van der Waals surface area contributed by atoms with Gasteiger partial charge in [-0.05, 0) is 37.1 Å². The Labute approximate surface area is 144 Å². The first kappa shape index (κ1) is 17.1. The van der Waals surface area contributed by atoms with Crippen molar-refractivity contribution in [2.24, 2.45) is 0 Å². The molecule has 1 aliphatic rings. The average Bonchev–Trinajstić information content (AvgIpc) is 2.89. The topological polar surface area (TPSA) is 35.5 Å². The molecule has 0 aromatic heterocycles. The number of ether oxygens (including phenoxy) is 2. The molecule has 1 aliphatic heterocycles. The highest BCUT2D eigenvalue weighted by Gasteiger charge is 2.46. The van der Waals surface area contributed by atoms with Crippen LogP contribution in [0.1, 0.15) is 31.9 Å². The van der Waals surface area contributed by atoms with Crippen molar-refractivity contribution >= 4 is 12.4 Å². The van der Waals surface area contributed by atoms with E-state index in [4.69, 9.17) is 9.47 Å². The van der Waals surface area contributed by atoms with Crippen molar-refractivity contribution in [3.8, 4) is 22.6 Å². The van der Waals surface area contributed by atoms with Crippen molar-refractivity contribution in [3.63, 3.8) is 0 Å². The normalized spacial score (nSPS) is 19.8. The summed E-state index contributed by atoms with van der Waals surface area (Å²) < 4.78 is 25.3. The van der Waals surface area contributed by atoms with Gasteiger partial charge in [0, 0.05) is 16.3 Å². The van der Waals surface area contributed by atoms with Crippen molar-refractivity contribution in [3.05, 3.63) is 41.5 Å². The zero-order chi connectivity index (χ0) is 17.7. The van der Waals surface area contributed by atoms with Crippen LogP contribution in [-0.2, 0) is 4.57 Å². The van der Waals surface area contributed by atoms with Crippen LogP contribution in [0.2, 0.25) is 0 Å². The standard InChI is InChI=1S/C20H25O3P/c1-13-10-11-16(22-6)18(14(13)2)15-8-7-9-17-19(15)24(21,12-23-17)20(3,4)5/h7-11H,12H2,1-6H3/t24-/m0/s1. The molecule has 0 amide bonds. The quantitative estimate of drug-likeness (QED) is 0.710. The second-order valence-corrected chi connectivity index (χ2v) is 10.9. The number of aryl methyl sites for hydroxylation is 1. The van der Waals surface area contributed by atoms with Crippen LogP contribution < -0.4 is 14.8 Å². The molecule has 0 bridgehead atoms. The summed E-state index contributed by atoms with van der Waals surface area (Å²) in [6.07, 6.45) is 0.274. The highest BCUT2D eigenvalue weighted by atomic mass is 31.2. The Morgan fingerprint density at radius 3 is 2.46 bits per heavy atom. The molecule has 0 saturated heterocycles. The maximum Gasteiger partial charge on any atom is 0.160 e. The van der Waals surface area contributed by atoms with Crippen LogP contribution in [0.5, 0.6) is 11.5 Å². The van der Waals surface area contributed by atoms with Crippen LogP contribution in [0, 0.1) is 13.8 Å². The molecule has 128 valence electrons. The maximum atomic E-state index is 13.9. The molecule has 0 radical (unpaired) electrons. The van der Waals surface area contributed by atoms with E-state index in [1.165, 1.54) is 5.56 Å². The minimum atomic E-state index is -2.69. The summed E-state index contributed by atoms with van der Waals surface area (Å²) in [4.78, 5) is 0. The minimum Gasteiger partial charge on any atom is -0.496 e. The van der Waals surface area contributed by atoms with E-state index in [-0.39, 0.29) is 11.5 Å². The fourth-order valence-corrected chi connectivity index (χ4v) is 5.84. The Bertz CT molecular complexity index is 847. The van der Waals surface area contributed by atoms with Crippen molar-refractivity contribution in [1.29, 1.82) is 0 Å². The lowest BCUT2D eigenvalue weighted by molar-refractivity contribution is 0.389. The summed E-state index contributed by atoms with van der Waals surface area (Å²) in [7, 11) is -1.01. The predicted octanol–water partition coefficient (Wildman–Crippen LogP) is 5.12. The predicted molar refractivity (Wildman–Crippen MR) is 100 cm³/mol. The van der Waals surface area contributed by atoms with Gasteiger partial charge in [-0.3, -0.25) is 0 Å². The van der Waals surface area contributed by atoms with Crippen LogP contribution >= 0.6 is 7.14 Å². The molecule has 0 spiro atoms. The molecule has 24 heavy (non-hydrogen) atoms. The third kappa shape index (κ3) is 2.38. The largest absolute Gasteiger partial charge is 0.496 e. The number of benzene rings is 2. The lowest BCUT2D eigenvalue weighted by Crippen LogP contribution is -2.23. The third-order valence-electron chi connectivity index (χ3n) is 5.03. The monoisotopic (exact) mass is 344 g/mol. The molecular weight excluding hydrogens is 319 g/mol. The van der Waals surface area contributed by atoms with Crippen molar-refractivity contribution in [1.82, 2.24) is 0 Å². The van der Waals surface area contributed by atoms with Crippen molar-refractivity contribution in [2.75, 3.05) is 13.5 Å². The van der Waals surface area contributed by atoms with E-state index in [1.54, 1.807) is 7.11 Å². The molecule has 3 rings (SSSR count). The number of hydrogen-bond acceptors (Lipinski definition) is 3. The van der Waals surface area contributed by atoms with E-state index in [0.717, 1.165) is 33.5 Å². The molecule has 0 unspecified atom stereocenters. The number of methoxy groups -OCH3 is 1. The summed E-state index contributed by atoms with van der Waals surface area (Å²) in [5.41, 5.74) is 4.33. The van der Waals surface area contributed by atoms with Crippen molar-refractivity contribution in [2.45, 2.75) is 39.8 Å². The van der Waals surface area contributed by atoms with E-state index >= 15 is 0 Å². The van der Waals surface area contributed by atoms with Crippen LogP contribution in [0.4, 0.5) is 0 Å². The Kier molecular flexibility index (Phi) is 4.04. The zero-order valence-electron chi connectivity index (χ0n) is 15.3. The van der Waals surface area contributed by atoms with Gasteiger partial charge in [0.25, 0.3) is 0 Å². The average molecular weight is 344 g/mol. The molecule has 0 N–H and O–H groups in total. The first-order valence-corrected chi connectivity index (χ1v) is 10.1. The van der Waals surface area contributed by atoms with Gasteiger partial charge in [0.2, 0.25) is 0 Å². The Morgan fingerprint density at radius 2 is 1.83 bits per heavy atom. The first-order valence-electron chi connectivity index (χ1n) is 8.21. The van der Waals surface area contributed by atoms with E-state index in [1.807, 2.05) is 45.0 Å². The number of rotatable bonds is 2. The van der Waals surface area contributed by atoms with Gasteiger partial charge in [0.15, 0.2) is 7.14 Å². The van der Waals surface area contributed by atoms with Gasteiger partial charge >= 0.3 is 0 Å². The van der Waals surface area contributed by atoms with E-state index in [9.17, 15) is 4.57 Å². The van der Waals surface area contributed by atoms with Gasteiger partial charge in [-0.15, -0.1) is 0 Å². The lowest BCUT2D eigenvalue weighted by atomic mass is 9.95. The zero-order valence-corrected chi connectivity index (χ0v) is 16.2. The summed E-state index contributed by atoms with van der Waals surface area (Å²) >= 11 is 0. The molecule has 3 nitrogen and oxygen atoms in total. The van der Waals surface area contributed by atoms with Crippen LogP contribution in [0.25, 0.3) is 11.1 Å². The first-order chi connectivity index (χ1) is 11.2. The molecule has 1 heterocycles. The molecule has 2 aromatic carbocycles. The lowest BCUT2D eigenvalue weighted by Gasteiger charge is -2.28. The summed E-state index contributed by atoms with van der Waals surface area (Å²) in [6.45, 7) is 10.3. The van der Waals surface area contributed by atoms with Gasteiger partial charge in [0.1, 0.15) is 17.8 Å². The number of fused-ring (bicyclic) bond motifs is 1. The summed E-state index contributed by atoms with van der Waals surface area (Å²) in [5.74, 6) is 1.55. The molecule has 1 atom stereocenters. The SMILES string of the molecule is COc1ccc(C)c(C)c1-c1cccc2c1[P@](=O)(C(C)(C)C)CO2. The van der Waals surface area contributed by atoms with Gasteiger partial charge < -0.3 is 14.0 Å². The highest BCUT2D eigenvalue weighted by Crippen LogP contribution is 2.63. The third-order valence-corrected chi connectivity index (χ3v) is 8.88. The van der Waals surface area contributed by atoms with Crippen LogP contribution in [0.15, 0.2) is 30.3 Å². The van der Waals surface area contributed by atoms with E-state index in [0.29, 0.717) is 0 Å². The summed E-state index contributed by atoms with van der Waals surface area (Å²) in [5, 5.41) is 0.517. The molecule has 0 fully saturated rings. The van der Waals surface area contributed by atoms with E-state index < -0.39 is 7.14 Å². The minimum absolute atomic E-state index is 0.274. The van der Waals surface area contributed by atoms with Gasteiger partial charge in [-0.2, -0.15) is 0 Å². The van der Waals surface area contributed by atoms with Crippen LogP contribution in [-0.4, -0.2) is 18.6 Å². The van der Waals surface area contributed by atoms with Crippen molar-refractivity contribution < 1.29 is 14.0 Å². The summed E-state index contributed by atoms with van der Waals surface area (Å²) in [6, 6.07) is 9.96. The Hall–Kier alpha value is -1.73. The fourth-order valence-electron chi connectivity index (χ4n) is 3.26. The molecule has 2 aromatic rings. The maximum absolute atomic E-state index is 13.9. The Balaban J connectivity index is 2.38. The Morgan fingerprint density at radius 1 is 1.12 bits per heavy atom. The smallest absolute Gasteiger partial charge is 0.160 e. The van der Waals surface area contributed by atoms with Gasteiger partial charge in [-0.25, -0.2) is 0 Å². The fraction of sp³-hybridized carbons (Fsp3) is 0.400. The molecule has 4 heteroatoms. The van der Waals surface area contributed by atoms with E-state index in [2.05, 4.69) is 19.9 Å². The second kappa shape index (κ2) is 5.67. The second-order valence-electron chi connectivity index (χ2n) is 7.42. The molecular formula is C20H25O3P. The number of hydrogen-bond donors (Lipinski definition) is 0. The molecule has 0 saturated carbocycles.